The summed E-state index contributed by atoms with van der Waals surface area (Å²) in [6.45, 7) is 6.86. The molecule has 0 aromatic heterocycles. The van der Waals surface area contributed by atoms with E-state index in [4.69, 9.17) is 15.6 Å². The van der Waals surface area contributed by atoms with Crippen LogP contribution in [0.1, 0.15) is 26.2 Å². The van der Waals surface area contributed by atoms with Crippen molar-refractivity contribution in [3.63, 3.8) is 0 Å². The van der Waals surface area contributed by atoms with Crippen LogP contribution in [0, 0.1) is 6.92 Å². The summed E-state index contributed by atoms with van der Waals surface area (Å²) < 4.78 is 4.79. The average molecular weight is 231 g/mol. The molecule has 1 radical (unpaired) electrons. The third-order valence-corrected chi connectivity index (χ3v) is 2.09. The Labute approximate surface area is 97.3 Å². The molecule has 0 rings (SSSR count). The van der Waals surface area contributed by atoms with Crippen molar-refractivity contribution < 1.29 is 14.6 Å². The van der Waals surface area contributed by atoms with E-state index in [1.165, 1.54) is 0 Å². The molecule has 4 N–H and O–H groups in total. The number of hydrogen-bond donors (Lipinski definition) is 3. The highest BCUT2D eigenvalue weighted by Crippen LogP contribution is 2.00. The first-order chi connectivity index (χ1) is 7.57. The van der Waals surface area contributed by atoms with Crippen molar-refractivity contribution in [2.24, 2.45) is 5.73 Å². The Morgan fingerprint density at radius 3 is 2.81 bits per heavy atom. The van der Waals surface area contributed by atoms with E-state index in [2.05, 4.69) is 12.2 Å². The van der Waals surface area contributed by atoms with Crippen LogP contribution in [0.2, 0.25) is 0 Å². The number of carbonyl (C=O) groups is 1. The molecule has 0 saturated heterocycles. The summed E-state index contributed by atoms with van der Waals surface area (Å²) in [6.07, 6.45) is 1.84. The average Bonchev–Trinajstić information content (AvgIpc) is 2.22. The lowest BCUT2D eigenvalue weighted by Gasteiger charge is -2.10. The van der Waals surface area contributed by atoms with Crippen LogP contribution in [0.3, 0.4) is 0 Å². The number of aliphatic hydroxyl groups is 1. The highest BCUT2D eigenvalue weighted by atomic mass is 16.5. The molecule has 5 nitrogen and oxygen atoms in total. The van der Waals surface area contributed by atoms with Gasteiger partial charge in [-0.25, -0.2) is 0 Å². The molecule has 0 spiro atoms. The van der Waals surface area contributed by atoms with E-state index in [-0.39, 0.29) is 5.97 Å². The maximum atomic E-state index is 11.1. The fourth-order valence-electron chi connectivity index (χ4n) is 1.25. The smallest absolute Gasteiger partial charge is 0.322 e. The van der Waals surface area contributed by atoms with Gasteiger partial charge in [0, 0.05) is 6.54 Å². The van der Waals surface area contributed by atoms with Crippen molar-refractivity contribution in [2.45, 2.75) is 38.3 Å². The van der Waals surface area contributed by atoms with E-state index >= 15 is 0 Å². The molecule has 0 aromatic rings. The minimum Gasteiger partial charge on any atom is -0.465 e. The molecule has 0 saturated carbocycles. The zero-order valence-electron chi connectivity index (χ0n) is 9.95. The van der Waals surface area contributed by atoms with E-state index in [1.54, 1.807) is 6.92 Å². The maximum absolute atomic E-state index is 11.1. The lowest BCUT2D eigenvalue weighted by molar-refractivity contribution is -0.144. The SMILES string of the molecule is [CH2]C(O)CNCCCCC(N)C(=O)OCC. The first-order valence-corrected chi connectivity index (χ1v) is 5.72. The van der Waals surface area contributed by atoms with Crippen LogP contribution < -0.4 is 11.1 Å². The van der Waals surface area contributed by atoms with Crippen molar-refractivity contribution in [1.82, 2.24) is 5.32 Å². The predicted octanol–water partition coefficient (Wildman–Crippen LogP) is -0.168. The number of nitrogens with one attached hydrogen (secondary N) is 1. The fourth-order valence-corrected chi connectivity index (χ4v) is 1.25. The van der Waals surface area contributed by atoms with Gasteiger partial charge in [-0.2, -0.15) is 0 Å². The summed E-state index contributed by atoms with van der Waals surface area (Å²) in [5, 5.41) is 11.9. The molecule has 2 unspecified atom stereocenters. The largest absolute Gasteiger partial charge is 0.465 e. The van der Waals surface area contributed by atoms with E-state index in [9.17, 15) is 4.79 Å². The van der Waals surface area contributed by atoms with Crippen LogP contribution in [0.5, 0.6) is 0 Å². The molecule has 0 heterocycles. The summed E-state index contributed by atoms with van der Waals surface area (Å²) in [5.41, 5.74) is 5.62. The molecule has 95 valence electrons. The second-order valence-corrected chi connectivity index (χ2v) is 3.71. The number of esters is 1. The van der Waals surface area contributed by atoms with Crippen LogP contribution in [0.15, 0.2) is 0 Å². The lowest BCUT2D eigenvalue weighted by atomic mass is 10.1. The zero-order chi connectivity index (χ0) is 12.4. The van der Waals surface area contributed by atoms with Gasteiger partial charge in [-0.05, 0) is 33.2 Å². The fraction of sp³-hybridized carbons (Fsp3) is 0.818. The van der Waals surface area contributed by atoms with Crippen molar-refractivity contribution in [1.29, 1.82) is 0 Å². The first-order valence-electron chi connectivity index (χ1n) is 5.72. The van der Waals surface area contributed by atoms with Crippen LogP contribution in [0.25, 0.3) is 0 Å². The minimum absolute atomic E-state index is 0.330. The Hall–Kier alpha value is -0.650. The molecule has 0 amide bonds. The quantitative estimate of drug-likeness (QED) is 0.379. The molecule has 2 atom stereocenters. The molecule has 5 heteroatoms. The second-order valence-electron chi connectivity index (χ2n) is 3.71. The van der Waals surface area contributed by atoms with Crippen LogP contribution in [0.4, 0.5) is 0 Å². The number of hydrogen-bond acceptors (Lipinski definition) is 5. The second kappa shape index (κ2) is 9.57. The third kappa shape index (κ3) is 8.64. The Morgan fingerprint density at radius 2 is 2.25 bits per heavy atom. The van der Waals surface area contributed by atoms with Gasteiger partial charge in [-0.3, -0.25) is 4.79 Å². The Morgan fingerprint density at radius 1 is 1.56 bits per heavy atom. The summed E-state index contributed by atoms with van der Waals surface area (Å²) in [5.74, 6) is -0.330. The zero-order valence-corrected chi connectivity index (χ0v) is 9.95. The molecule has 0 fully saturated rings. The summed E-state index contributed by atoms with van der Waals surface area (Å²) in [6, 6.07) is -0.515. The van der Waals surface area contributed by atoms with E-state index in [0.717, 1.165) is 19.4 Å². The number of unbranched alkanes of at least 4 members (excludes halogenated alkanes) is 1. The molecule has 16 heavy (non-hydrogen) atoms. The van der Waals surface area contributed by atoms with Crippen molar-refractivity contribution in [3.05, 3.63) is 6.92 Å². The van der Waals surface area contributed by atoms with Gasteiger partial charge in [-0.15, -0.1) is 0 Å². The molecule has 0 aliphatic heterocycles. The van der Waals surface area contributed by atoms with E-state index < -0.39 is 12.1 Å². The standard InChI is InChI=1S/C11H23N2O3/c1-3-16-11(15)10(12)6-4-5-7-13-8-9(2)14/h9-10,13-14H,2-8,12H2,1H3. The Bertz CT molecular complexity index is 186. The van der Waals surface area contributed by atoms with Gasteiger partial charge in [0.05, 0.1) is 12.7 Å². The molecule has 0 aromatic carbocycles. The molecular weight excluding hydrogens is 208 g/mol. The van der Waals surface area contributed by atoms with Crippen LogP contribution >= 0.6 is 0 Å². The van der Waals surface area contributed by atoms with Gasteiger partial charge in [0.2, 0.25) is 0 Å². The summed E-state index contributed by atoms with van der Waals surface area (Å²) >= 11 is 0. The van der Waals surface area contributed by atoms with Gasteiger partial charge in [-0.1, -0.05) is 6.42 Å². The first kappa shape index (κ1) is 15.3. The van der Waals surface area contributed by atoms with Gasteiger partial charge in [0.1, 0.15) is 6.04 Å². The minimum atomic E-state index is -0.568. The molecule has 0 aliphatic rings. The van der Waals surface area contributed by atoms with Gasteiger partial charge in [0.15, 0.2) is 0 Å². The summed E-state index contributed by atoms with van der Waals surface area (Å²) in [7, 11) is 0. The molecule has 0 bridgehead atoms. The topological polar surface area (TPSA) is 84.6 Å². The lowest BCUT2D eigenvalue weighted by Crippen LogP contribution is -2.32. The van der Waals surface area contributed by atoms with Gasteiger partial charge < -0.3 is 20.9 Å². The summed E-state index contributed by atoms with van der Waals surface area (Å²) in [4.78, 5) is 11.1. The number of carbonyl (C=O) groups excluding carboxylic acids is 1. The van der Waals surface area contributed by atoms with E-state index in [1.807, 2.05) is 0 Å². The molecular formula is C11H23N2O3. The van der Waals surface area contributed by atoms with Crippen molar-refractivity contribution in [3.8, 4) is 0 Å². The number of aliphatic hydroxyl groups excluding tert-OH is 1. The van der Waals surface area contributed by atoms with Crippen molar-refractivity contribution in [2.75, 3.05) is 19.7 Å². The van der Waals surface area contributed by atoms with E-state index in [0.29, 0.717) is 19.6 Å². The van der Waals surface area contributed by atoms with Crippen LogP contribution in [-0.4, -0.2) is 42.9 Å². The van der Waals surface area contributed by atoms with Crippen LogP contribution in [-0.2, 0) is 9.53 Å². The van der Waals surface area contributed by atoms with Crippen molar-refractivity contribution >= 4 is 5.97 Å². The Balaban J connectivity index is 3.34. The number of rotatable bonds is 9. The highest BCUT2D eigenvalue weighted by Gasteiger charge is 2.13. The molecule has 0 aliphatic carbocycles. The normalized spacial score (nSPS) is 14.5. The number of nitrogens with two attached hydrogens (primary N) is 1. The predicted molar refractivity (Wildman–Crippen MR) is 62.7 cm³/mol. The maximum Gasteiger partial charge on any atom is 0.322 e. The third-order valence-electron chi connectivity index (χ3n) is 2.09. The monoisotopic (exact) mass is 231 g/mol. The van der Waals surface area contributed by atoms with Gasteiger partial charge in [0.25, 0.3) is 0 Å². The Kier molecular flexibility index (Phi) is 9.18. The number of ether oxygens (including phenoxy) is 1. The van der Waals surface area contributed by atoms with Gasteiger partial charge >= 0.3 is 5.97 Å². The highest BCUT2D eigenvalue weighted by molar-refractivity contribution is 5.75.